The minimum absolute atomic E-state index is 0.00884. The smallest absolute Gasteiger partial charge is 0.247 e. The van der Waals surface area contributed by atoms with Crippen molar-refractivity contribution in [2.24, 2.45) is 5.92 Å². The topological polar surface area (TPSA) is 58.2 Å². The maximum absolute atomic E-state index is 12.2. The van der Waals surface area contributed by atoms with Gasteiger partial charge in [-0.25, -0.2) is 0 Å². The number of carbonyl (C=O) groups excluding carboxylic acids is 2. The summed E-state index contributed by atoms with van der Waals surface area (Å²) < 4.78 is 0. The van der Waals surface area contributed by atoms with Gasteiger partial charge in [0.05, 0.1) is 6.42 Å². The molecule has 0 aliphatic heterocycles. The summed E-state index contributed by atoms with van der Waals surface area (Å²) in [6.07, 6.45) is 9.12. The first kappa shape index (κ1) is 17.3. The molecule has 1 aromatic carbocycles. The lowest BCUT2D eigenvalue weighted by Gasteiger charge is -2.15. The Bertz CT molecular complexity index is 546. The maximum atomic E-state index is 12.2. The number of amides is 2. The Morgan fingerprint density at radius 2 is 1.83 bits per heavy atom. The van der Waals surface area contributed by atoms with Crippen LogP contribution in [0.25, 0.3) is 0 Å². The standard InChI is InChI=1S/C19H26N2O2/c1-2-18(22)21-17-12-8-7-11-16(17)13-19(23)20-14-15-9-5-3-4-6-10-15/h2,7-8,11-12,15H,1,3-6,9-10,13-14H2,(H,20,23)(H,21,22). The molecule has 0 radical (unpaired) electrons. The first-order valence-electron chi connectivity index (χ1n) is 8.47. The lowest BCUT2D eigenvalue weighted by Crippen LogP contribution is -2.30. The third-order valence-corrected chi connectivity index (χ3v) is 4.37. The Morgan fingerprint density at radius 1 is 1.13 bits per heavy atom. The Labute approximate surface area is 138 Å². The van der Waals surface area contributed by atoms with Crippen molar-refractivity contribution in [1.82, 2.24) is 5.32 Å². The molecule has 23 heavy (non-hydrogen) atoms. The first-order valence-corrected chi connectivity index (χ1v) is 8.47. The summed E-state index contributed by atoms with van der Waals surface area (Å²) in [5, 5.41) is 5.79. The summed E-state index contributed by atoms with van der Waals surface area (Å²) in [5.74, 6) is 0.350. The van der Waals surface area contributed by atoms with Gasteiger partial charge in [0.1, 0.15) is 0 Å². The van der Waals surface area contributed by atoms with Crippen molar-refractivity contribution < 1.29 is 9.59 Å². The van der Waals surface area contributed by atoms with Crippen molar-refractivity contribution >= 4 is 17.5 Å². The first-order chi connectivity index (χ1) is 11.2. The van der Waals surface area contributed by atoms with Crippen molar-refractivity contribution in [3.63, 3.8) is 0 Å². The zero-order chi connectivity index (χ0) is 16.5. The molecule has 4 nitrogen and oxygen atoms in total. The van der Waals surface area contributed by atoms with E-state index in [1.807, 2.05) is 18.2 Å². The summed E-state index contributed by atoms with van der Waals surface area (Å²) in [6, 6.07) is 7.38. The van der Waals surface area contributed by atoms with Crippen LogP contribution in [0.4, 0.5) is 5.69 Å². The highest BCUT2D eigenvalue weighted by atomic mass is 16.2. The van der Waals surface area contributed by atoms with Gasteiger partial charge in [0.2, 0.25) is 11.8 Å². The second-order valence-corrected chi connectivity index (χ2v) is 6.19. The van der Waals surface area contributed by atoms with Crippen LogP contribution in [0.5, 0.6) is 0 Å². The highest BCUT2D eigenvalue weighted by molar-refractivity contribution is 5.99. The molecule has 0 unspecified atom stereocenters. The summed E-state index contributed by atoms with van der Waals surface area (Å²) in [5.41, 5.74) is 1.49. The molecule has 0 saturated heterocycles. The number of nitrogens with one attached hydrogen (secondary N) is 2. The van der Waals surface area contributed by atoms with Gasteiger partial charge >= 0.3 is 0 Å². The van der Waals surface area contributed by atoms with E-state index in [2.05, 4.69) is 17.2 Å². The van der Waals surface area contributed by atoms with Crippen molar-refractivity contribution in [1.29, 1.82) is 0 Å². The van der Waals surface area contributed by atoms with Gasteiger partial charge in [-0.1, -0.05) is 50.5 Å². The molecule has 2 amide bonds. The van der Waals surface area contributed by atoms with Crippen LogP contribution >= 0.6 is 0 Å². The summed E-state index contributed by atoms with van der Waals surface area (Å²) in [7, 11) is 0. The van der Waals surface area contributed by atoms with Crippen LogP contribution in [0, 0.1) is 5.92 Å². The van der Waals surface area contributed by atoms with Crippen LogP contribution in [0.2, 0.25) is 0 Å². The SMILES string of the molecule is C=CC(=O)Nc1ccccc1CC(=O)NCC1CCCCCC1. The van der Waals surface area contributed by atoms with Gasteiger partial charge in [0.25, 0.3) is 0 Å². The fourth-order valence-electron chi connectivity index (χ4n) is 3.04. The van der Waals surface area contributed by atoms with E-state index in [0.29, 0.717) is 11.6 Å². The Hall–Kier alpha value is -2.10. The molecule has 0 atom stereocenters. The molecular formula is C19H26N2O2. The molecule has 0 spiro atoms. The number of hydrogen-bond donors (Lipinski definition) is 2. The quantitative estimate of drug-likeness (QED) is 0.624. The van der Waals surface area contributed by atoms with Gasteiger partial charge in [0, 0.05) is 12.2 Å². The molecule has 2 rings (SSSR count). The van der Waals surface area contributed by atoms with E-state index in [-0.39, 0.29) is 18.2 Å². The van der Waals surface area contributed by atoms with Gasteiger partial charge in [-0.2, -0.15) is 0 Å². The lowest BCUT2D eigenvalue weighted by molar-refractivity contribution is -0.120. The largest absolute Gasteiger partial charge is 0.356 e. The number of anilines is 1. The second-order valence-electron chi connectivity index (χ2n) is 6.19. The van der Waals surface area contributed by atoms with E-state index in [1.165, 1.54) is 44.6 Å². The van der Waals surface area contributed by atoms with E-state index < -0.39 is 0 Å². The Balaban J connectivity index is 1.87. The molecule has 0 bridgehead atoms. The molecular weight excluding hydrogens is 288 g/mol. The van der Waals surface area contributed by atoms with Crippen LogP contribution in [0.3, 0.4) is 0 Å². The van der Waals surface area contributed by atoms with Crippen LogP contribution in [0.15, 0.2) is 36.9 Å². The van der Waals surface area contributed by atoms with Gasteiger partial charge in [-0.05, 0) is 36.5 Å². The van der Waals surface area contributed by atoms with E-state index >= 15 is 0 Å². The third-order valence-electron chi connectivity index (χ3n) is 4.37. The average molecular weight is 314 g/mol. The second kappa shape index (κ2) is 9.13. The molecule has 1 aliphatic rings. The molecule has 4 heteroatoms. The number of benzene rings is 1. The van der Waals surface area contributed by atoms with Crippen molar-refractivity contribution in [2.45, 2.75) is 44.9 Å². The Kier molecular flexibility index (Phi) is 6.85. The van der Waals surface area contributed by atoms with Crippen molar-refractivity contribution in [3.8, 4) is 0 Å². The highest BCUT2D eigenvalue weighted by Gasteiger charge is 2.14. The number of hydrogen-bond acceptors (Lipinski definition) is 2. The lowest BCUT2D eigenvalue weighted by atomic mass is 10.0. The minimum Gasteiger partial charge on any atom is -0.356 e. The highest BCUT2D eigenvalue weighted by Crippen LogP contribution is 2.22. The van der Waals surface area contributed by atoms with Crippen molar-refractivity contribution in [3.05, 3.63) is 42.5 Å². The molecule has 1 saturated carbocycles. The molecule has 1 fully saturated rings. The number of carbonyl (C=O) groups is 2. The fourth-order valence-corrected chi connectivity index (χ4v) is 3.04. The molecule has 0 aromatic heterocycles. The molecule has 2 N–H and O–H groups in total. The summed E-state index contributed by atoms with van der Waals surface area (Å²) in [4.78, 5) is 23.7. The monoisotopic (exact) mass is 314 g/mol. The van der Waals surface area contributed by atoms with Crippen LogP contribution < -0.4 is 10.6 Å². The van der Waals surface area contributed by atoms with Crippen molar-refractivity contribution in [2.75, 3.05) is 11.9 Å². The van der Waals surface area contributed by atoms with Gasteiger partial charge in [-0.3, -0.25) is 9.59 Å². The summed E-state index contributed by atoms with van der Waals surface area (Å²) in [6.45, 7) is 4.21. The third kappa shape index (κ3) is 5.89. The maximum Gasteiger partial charge on any atom is 0.247 e. The number of rotatable bonds is 6. The van der Waals surface area contributed by atoms with Gasteiger partial charge in [0.15, 0.2) is 0 Å². The van der Waals surface area contributed by atoms with Crippen LogP contribution in [0.1, 0.15) is 44.1 Å². The van der Waals surface area contributed by atoms with E-state index in [1.54, 1.807) is 6.07 Å². The molecule has 1 aromatic rings. The van der Waals surface area contributed by atoms with Crippen LogP contribution in [-0.4, -0.2) is 18.4 Å². The van der Waals surface area contributed by atoms with Gasteiger partial charge < -0.3 is 10.6 Å². The minimum atomic E-state index is -0.267. The number of para-hydroxylation sites is 1. The zero-order valence-electron chi connectivity index (χ0n) is 13.6. The molecule has 0 heterocycles. The normalized spacial score (nSPS) is 15.5. The summed E-state index contributed by atoms with van der Waals surface area (Å²) >= 11 is 0. The van der Waals surface area contributed by atoms with E-state index in [4.69, 9.17) is 0 Å². The average Bonchev–Trinajstić information content (AvgIpc) is 2.83. The van der Waals surface area contributed by atoms with E-state index in [0.717, 1.165) is 12.1 Å². The van der Waals surface area contributed by atoms with Crippen LogP contribution in [-0.2, 0) is 16.0 Å². The molecule has 124 valence electrons. The zero-order valence-corrected chi connectivity index (χ0v) is 13.6. The van der Waals surface area contributed by atoms with Gasteiger partial charge in [-0.15, -0.1) is 0 Å². The predicted octanol–water partition coefficient (Wildman–Crippen LogP) is 3.44. The Morgan fingerprint density at radius 3 is 2.52 bits per heavy atom. The predicted molar refractivity (Wildman–Crippen MR) is 93.2 cm³/mol. The van der Waals surface area contributed by atoms with E-state index in [9.17, 15) is 9.59 Å². The molecule has 1 aliphatic carbocycles. The fraction of sp³-hybridized carbons (Fsp3) is 0.474.